The second kappa shape index (κ2) is 4.06. The maximum Gasteiger partial charge on any atom is 0.328 e. The lowest BCUT2D eigenvalue weighted by molar-refractivity contribution is -0.131. The normalized spacial score (nSPS) is 13.9. The van der Waals surface area contributed by atoms with Crippen LogP contribution in [0.5, 0.6) is 5.75 Å². The molecule has 3 nitrogen and oxygen atoms in total. The molecular weight excluding hydrogens is 260 g/mol. The first-order chi connectivity index (χ1) is 7.16. The molecule has 1 N–H and O–H groups in total. The van der Waals surface area contributed by atoms with E-state index in [4.69, 9.17) is 9.84 Å². The minimum atomic E-state index is -0.946. The molecule has 15 heavy (non-hydrogen) atoms. The van der Waals surface area contributed by atoms with Gasteiger partial charge in [-0.15, -0.1) is 0 Å². The van der Waals surface area contributed by atoms with Gasteiger partial charge in [0.15, 0.2) is 0 Å². The molecule has 0 saturated heterocycles. The van der Waals surface area contributed by atoms with Gasteiger partial charge < -0.3 is 9.84 Å². The summed E-state index contributed by atoms with van der Waals surface area (Å²) < 4.78 is 6.24. The summed E-state index contributed by atoms with van der Waals surface area (Å²) in [6.45, 7) is 0.702. The Hall–Kier alpha value is -1.29. The van der Waals surface area contributed by atoms with E-state index >= 15 is 0 Å². The fraction of sp³-hybridized carbons (Fsp3) is 0.182. The van der Waals surface area contributed by atoms with Crippen molar-refractivity contribution >= 4 is 28.0 Å². The average Bonchev–Trinajstić information content (AvgIpc) is 2.60. The van der Waals surface area contributed by atoms with Crippen LogP contribution in [0.25, 0.3) is 6.08 Å². The molecule has 0 aromatic heterocycles. The first-order valence-electron chi connectivity index (χ1n) is 4.53. The molecule has 0 aliphatic carbocycles. The van der Waals surface area contributed by atoms with E-state index in [1.807, 2.05) is 12.1 Å². The fourth-order valence-corrected chi connectivity index (χ4v) is 1.96. The summed E-state index contributed by atoms with van der Waals surface area (Å²) in [5.74, 6) is -0.0620. The van der Waals surface area contributed by atoms with Crippen molar-refractivity contribution in [1.29, 1.82) is 0 Å². The third-order valence-electron chi connectivity index (χ3n) is 2.21. The summed E-state index contributed by atoms with van der Waals surface area (Å²) >= 11 is 3.38. The third kappa shape index (κ3) is 2.21. The van der Waals surface area contributed by atoms with Gasteiger partial charge >= 0.3 is 5.97 Å². The number of carboxylic acids is 1. The van der Waals surface area contributed by atoms with E-state index < -0.39 is 5.97 Å². The van der Waals surface area contributed by atoms with Crippen molar-refractivity contribution in [2.24, 2.45) is 0 Å². The predicted octanol–water partition coefficient (Wildman–Crippen LogP) is 2.48. The molecule has 0 amide bonds. The van der Waals surface area contributed by atoms with E-state index in [0.29, 0.717) is 6.61 Å². The zero-order valence-corrected chi connectivity index (χ0v) is 9.45. The first kappa shape index (κ1) is 10.2. The highest BCUT2D eigenvalue weighted by molar-refractivity contribution is 9.10. The zero-order valence-electron chi connectivity index (χ0n) is 7.87. The van der Waals surface area contributed by atoms with Crippen molar-refractivity contribution in [3.8, 4) is 5.75 Å². The highest BCUT2D eigenvalue weighted by Crippen LogP contribution is 2.32. The van der Waals surface area contributed by atoms with E-state index in [1.165, 1.54) is 0 Å². The number of carboxylic acid groups (broad SMARTS) is 1. The van der Waals surface area contributed by atoms with Crippen molar-refractivity contribution in [2.45, 2.75) is 6.42 Å². The highest BCUT2D eigenvalue weighted by atomic mass is 79.9. The smallest absolute Gasteiger partial charge is 0.328 e. The van der Waals surface area contributed by atoms with Crippen LogP contribution < -0.4 is 4.74 Å². The summed E-state index contributed by atoms with van der Waals surface area (Å²) in [6.07, 6.45) is 3.59. The van der Waals surface area contributed by atoms with E-state index in [9.17, 15) is 4.79 Å². The molecule has 1 aromatic rings. The molecule has 0 radical (unpaired) electrons. The third-order valence-corrected chi connectivity index (χ3v) is 2.90. The Balaban J connectivity index is 2.36. The van der Waals surface area contributed by atoms with Gasteiger partial charge in [-0.25, -0.2) is 4.79 Å². The molecule has 1 aliphatic heterocycles. The van der Waals surface area contributed by atoms with Crippen LogP contribution in [0.3, 0.4) is 0 Å². The van der Waals surface area contributed by atoms with Gasteiger partial charge in [0.05, 0.1) is 6.61 Å². The minimum Gasteiger partial charge on any atom is -0.493 e. The Morgan fingerprint density at radius 2 is 2.33 bits per heavy atom. The van der Waals surface area contributed by atoms with Gasteiger partial charge in [0, 0.05) is 17.0 Å². The fourth-order valence-electron chi connectivity index (χ4n) is 1.51. The maximum atomic E-state index is 10.4. The molecule has 1 aromatic carbocycles. The quantitative estimate of drug-likeness (QED) is 0.839. The minimum absolute atomic E-state index is 0.702. The molecule has 0 atom stereocenters. The van der Waals surface area contributed by atoms with Crippen molar-refractivity contribution < 1.29 is 14.6 Å². The molecule has 0 fully saturated rings. The second-order valence-corrected chi connectivity index (χ2v) is 4.11. The van der Waals surface area contributed by atoms with Crippen molar-refractivity contribution in [3.63, 3.8) is 0 Å². The second-order valence-electron chi connectivity index (χ2n) is 3.25. The van der Waals surface area contributed by atoms with Gasteiger partial charge in [-0.3, -0.25) is 0 Å². The van der Waals surface area contributed by atoms with E-state index in [1.54, 1.807) is 6.08 Å². The van der Waals surface area contributed by atoms with Gasteiger partial charge in [-0.05, 0) is 29.3 Å². The lowest BCUT2D eigenvalue weighted by Gasteiger charge is -2.03. The molecule has 0 bridgehead atoms. The molecule has 1 aliphatic rings. The van der Waals surface area contributed by atoms with Crippen LogP contribution in [0.4, 0.5) is 0 Å². The molecule has 1 heterocycles. The Labute approximate surface area is 95.5 Å². The van der Waals surface area contributed by atoms with Crippen LogP contribution in [0.1, 0.15) is 11.1 Å². The van der Waals surface area contributed by atoms with Crippen LogP contribution in [0.2, 0.25) is 0 Å². The number of hydrogen-bond acceptors (Lipinski definition) is 2. The number of carbonyl (C=O) groups is 1. The number of rotatable bonds is 2. The van der Waals surface area contributed by atoms with Gasteiger partial charge in [-0.2, -0.15) is 0 Å². The van der Waals surface area contributed by atoms with Crippen LogP contribution in [-0.4, -0.2) is 17.7 Å². The number of ether oxygens (including phenoxy) is 1. The summed E-state index contributed by atoms with van der Waals surface area (Å²) in [6, 6.07) is 3.83. The molecular formula is C11H9BrO3. The predicted molar refractivity (Wildman–Crippen MR) is 60.0 cm³/mol. The van der Waals surface area contributed by atoms with Crippen LogP contribution in [-0.2, 0) is 11.2 Å². The molecule has 0 unspecified atom stereocenters. The van der Waals surface area contributed by atoms with E-state index in [-0.39, 0.29) is 0 Å². The van der Waals surface area contributed by atoms with E-state index in [0.717, 1.165) is 33.8 Å². The molecule has 0 saturated carbocycles. The Morgan fingerprint density at radius 1 is 1.53 bits per heavy atom. The molecule has 78 valence electrons. The van der Waals surface area contributed by atoms with Gasteiger partial charge in [0.2, 0.25) is 0 Å². The summed E-state index contributed by atoms with van der Waals surface area (Å²) in [7, 11) is 0. The molecule has 0 spiro atoms. The van der Waals surface area contributed by atoms with Gasteiger partial charge in [0.25, 0.3) is 0 Å². The molecule has 4 heteroatoms. The van der Waals surface area contributed by atoms with Gasteiger partial charge in [-0.1, -0.05) is 15.9 Å². The lowest BCUT2D eigenvalue weighted by Crippen LogP contribution is -1.87. The van der Waals surface area contributed by atoms with E-state index in [2.05, 4.69) is 15.9 Å². The standard InChI is InChI=1S/C11H9BrO3/c12-9-6-10-8(3-4-15-10)5-7(9)1-2-11(13)14/h1-2,5-6H,3-4H2,(H,13,14)/b2-1+. The maximum absolute atomic E-state index is 10.4. The van der Waals surface area contributed by atoms with Crippen molar-refractivity contribution in [3.05, 3.63) is 33.8 Å². The Bertz CT molecular complexity index is 438. The largest absolute Gasteiger partial charge is 0.493 e. The number of benzene rings is 1. The Morgan fingerprint density at radius 3 is 3.07 bits per heavy atom. The lowest BCUT2D eigenvalue weighted by atomic mass is 10.1. The first-order valence-corrected chi connectivity index (χ1v) is 5.32. The average molecular weight is 269 g/mol. The molecule has 2 rings (SSSR count). The summed E-state index contributed by atoms with van der Waals surface area (Å²) in [5, 5.41) is 8.53. The van der Waals surface area contributed by atoms with Crippen molar-refractivity contribution in [2.75, 3.05) is 6.61 Å². The summed E-state index contributed by atoms with van der Waals surface area (Å²) in [5.41, 5.74) is 1.99. The van der Waals surface area contributed by atoms with Crippen LogP contribution in [0.15, 0.2) is 22.7 Å². The zero-order chi connectivity index (χ0) is 10.8. The summed E-state index contributed by atoms with van der Waals surface area (Å²) in [4.78, 5) is 10.4. The SMILES string of the molecule is O=C(O)/C=C/c1cc2c(cc1Br)OCC2. The van der Waals surface area contributed by atoms with Crippen LogP contribution >= 0.6 is 15.9 Å². The Kier molecular flexibility index (Phi) is 2.77. The van der Waals surface area contributed by atoms with Gasteiger partial charge in [0.1, 0.15) is 5.75 Å². The monoisotopic (exact) mass is 268 g/mol. The van der Waals surface area contributed by atoms with Crippen molar-refractivity contribution in [1.82, 2.24) is 0 Å². The number of fused-ring (bicyclic) bond motifs is 1. The number of halogens is 1. The van der Waals surface area contributed by atoms with Crippen LogP contribution in [0, 0.1) is 0 Å². The number of hydrogen-bond donors (Lipinski definition) is 1. The topological polar surface area (TPSA) is 46.5 Å². The highest BCUT2D eigenvalue weighted by Gasteiger charge is 2.13. The number of aliphatic carboxylic acids is 1.